The maximum atomic E-state index is 11.8. The zero-order valence-corrected chi connectivity index (χ0v) is 12.8. The highest BCUT2D eigenvalue weighted by Gasteiger charge is 2.12. The molecular formula is C15H25ClN2O2. The molecule has 0 saturated carbocycles. The Morgan fingerprint density at radius 2 is 2.00 bits per heavy atom. The molecule has 5 heteroatoms. The second-order valence-electron chi connectivity index (χ2n) is 4.49. The van der Waals surface area contributed by atoms with E-state index < -0.39 is 6.04 Å². The summed E-state index contributed by atoms with van der Waals surface area (Å²) in [6, 6.07) is 9.34. The summed E-state index contributed by atoms with van der Waals surface area (Å²) in [5.41, 5.74) is 6.96. The second-order valence-corrected chi connectivity index (χ2v) is 4.49. The minimum Gasteiger partial charge on any atom is -0.382 e. The van der Waals surface area contributed by atoms with Gasteiger partial charge in [-0.15, -0.1) is 12.4 Å². The van der Waals surface area contributed by atoms with Crippen LogP contribution < -0.4 is 11.1 Å². The number of rotatable bonds is 9. The van der Waals surface area contributed by atoms with Crippen LogP contribution in [0, 0.1) is 0 Å². The van der Waals surface area contributed by atoms with Crippen molar-refractivity contribution in [2.75, 3.05) is 19.8 Å². The van der Waals surface area contributed by atoms with Gasteiger partial charge in [0.1, 0.15) is 0 Å². The molecule has 1 aromatic carbocycles. The number of unbranched alkanes of at least 4 members (excludes halogenated alkanes) is 1. The van der Waals surface area contributed by atoms with Crippen molar-refractivity contribution in [1.29, 1.82) is 0 Å². The van der Waals surface area contributed by atoms with Gasteiger partial charge in [-0.2, -0.15) is 0 Å². The van der Waals surface area contributed by atoms with Gasteiger partial charge in [0.15, 0.2) is 0 Å². The number of nitrogens with one attached hydrogen (secondary N) is 1. The topological polar surface area (TPSA) is 64.3 Å². The highest BCUT2D eigenvalue weighted by Crippen LogP contribution is 2.01. The van der Waals surface area contributed by atoms with E-state index in [0.29, 0.717) is 13.0 Å². The summed E-state index contributed by atoms with van der Waals surface area (Å²) < 4.78 is 5.23. The van der Waals surface area contributed by atoms with Gasteiger partial charge in [0, 0.05) is 19.8 Å². The van der Waals surface area contributed by atoms with E-state index in [1.165, 1.54) is 0 Å². The predicted molar refractivity (Wildman–Crippen MR) is 84.1 cm³/mol. The summed E-state index contributed by atoms with van der Waals surface area (Å²) in [6.07, 6.45) is 2.46. The number of benzene rings is 1. The van der Waals surface area contributed by atoms with Gasteiger partial charge in [0.25, 0.3) is 0 Å². The Morgan fingerprint density at radius 3 is 2.65 bits per heavy atom. The van der Waals surface area contributed by atoms with Crippen LogP contribution in [0.1, 0.15) is 25.3 Å². The fraction of sp³-hybridized carbons (Fsp3) is 0.533. The SMILES string of the molecule is CCOCCCCNC(=O)[C@@H](N)Cc1ccccc1.Cl. The molecule has 0 unspecified atom stereocenters. The van der Waals surface area contributed by atoms with Crippen LogP contribution >= 0.6 is 12.4 Å². The van der Waals surface area contributed by atoms with Crippen LogP contribution in [0.4, 0.5) is 0 Å². The first-order valence-corrected chi connectivity index (χ1v) is 6.89. The fourth-order valence-electron chi connectivity index (χ4n) is 1.78. The van der Waals surface area contributed by atoms with Gasteiger partial charge >= 0.3 is 0 Å². The van der Waals surface area contributed by atoms with Crippen LogP contribution in [0.15, 0.2) is 30.3 Å². The molecule has 0 aliphatic heterocycles. The molecule has 1 atom stereocenters. The Labute approximate surface area is 127 Å². The van der Waals surface area contributed by atoms with E-state index in [1.54, 1.807) is 0 Å². The lowest BCUT2D eigenvalue weighted by atomic mass is 10.1. The first kappa shape index (κ1) is 18.9. The molecule has 0 bridgehead atoms. The Balaban J connectivity index is 0.00000361. The molecule has 114 valence electrons. The molecule has 3 N–H and O–H groups in total. The molecule has 0 radical (unpaired) electrons. The van der Waals surface area contributed by atoms with Crippen molar-refractivity contribution >= 4 is 18.3 Å². The standard InChI is InChI=1S/C15H24N2O2.ClH/c1-2-19-11-7-6-10-17-15(18)14(16)12-13-8-4-3-5-9-13;/h3-5,8-9,14H,2,6-7,10-12,16H2,1H3,(H,17,18);1H/t14-;/m0./s1. The third kappa shape index (κ3) is 8.15. The van der Waals surface area contributed by atoms with Gasteiger partial charge < -0.3 is 15.8 Å². The molecule has 0 fully saturated rings. The predicted octanol–water partition coefficient (Wildman–Crippen LogP) is 1.91. The molecule has 1 amide bonds. The van der Waals surface area contributed by atoms with E-state index >= 15 is 0 Å². The lowest BCUT2D eigenvalue weighted by Gasteiger charge is -2.12. The Bertz CT molecular complexity index is 360. The molecule has 0 aliphatic carbocycles. The third-order valence-corrected chi connectivity index (χ3v) is 2.85. The number of nitrogens with two attached hydrogens (primary N) is 1. The van der Waals surface area contributed by atoms with E-state index in [1.807, 2.05) is 37.3 Å². The van der Waals surface area contributed by atoms with Crippen molar-refractivity contribution in [3.8, 4) is 0 Å². The summed E-state index contributed by atoms with van der Waals surface area (Å²) in [7, 11) is 0. The van der Waals surface area contributed by atoms with E-state index in [-0.39, 0.29) is 18.3 Å². The van der Waals surface area contributed by atoms with Gasteiger partial charge in [0.2, 0.25) is 5.91 Å². The normalized spacial score (nSPS) is 11.5. The largest absolute Gasteiger partial charge is 0.382 e. The molecule has 1 aromatic rings. The van der Waals surface area contributed by atoms with Crippen LogP contribution in [-0.2, 0) is 16.0 Å². The summed E-state index contributed by atoms with van der Waals surface area (Å²) in [6.45, 7) is 4.13. The average molecular weight is 301 g/mol. The number of amides is 1. The minimum atomic E-state index is -0.478. The quantitative estimate of drug-likeness (QED) is 0.685. The van der Waals surface area contributed by atoms with Crippen molar-refractivity contribution in [3.63, 3.8) is 0 Å². The summed E-state index contributed by atoms with van der Waals surface area (Å²) >= 11 is 0. The van der Waals surface area contributed by atoms with Gasteiger partial charge in [-0.1, -0.05) is 30.3 Å². The minimum absolute atomic E-state index is 0. The zero-order valence-electron chi connectivity index (χ0n) is 12.0. The first-order valence-electron chi connectivity index (χ1n) is 6.89. The van der Waals surface area contributed by atoms with Crippen LogP contribution in [0.3, 0.4) is 0 Å². The average Bonchev–Trinajstić information content (AvgIpc) is 2.43. The van der Waals surface area contributed by atoms with E-state index in [0.717, 1.165) is 31.6 Å². The highest BCUT2D eigenvalue weighted by molar-refractivity contribution is 5.85. The van der Waals surface area contributed by atoms with Crippen molar-refractivity contribution in [3.05, 3.63) is 35.9 Å². The van der Waals surface area contributed by atoms with Crippen LogP contribution in [-0.4, -0.2) is 31.7 Å². The molecule has 0 aliphatic rings. The Kier molecular flexibility index (Phi) is 11.1. The molecule has 1 rings (SSSR count). The number of carbonyl (C=O) groups is 1. The maximum absolute atomic E-state index is 11.8. The lowest BCUT2D eigenvalue weighted by molar-refractivity contribution is -0.122. The zero-order chi connectivity index (χ0) is 13.9. The van der Waals surface area contributed by atoms with Gasteiger partial charge in [-0.05, 0) is 31.7 Å². The van der Waals surface area contributed by atoms with Crippen molar-refractivity contribution in [1.82, 2.24) is 5.32 Å². The van der Waals surface area contributed by atoms with Crippen LogP contribution in [0.5, 0.6) is 0 Å². The number of ether oxygens (including phenoxy) is 1. The fourth-order valence-corrected chi connectivity index (χ4v) is 1.78. The lowest BCUT2D eigenvalue weighted by Crippen LogP contribution is -2.42. The van der Waals surface area contributed by atoms with Crippen molar-refractivity contribution in [2.45, 2.75) is 32.2 Å². The van der Waals surface area contributed by atoms with E-state index in [2.05, 4.69) is 5.32 Å². The van der Waals surface area contributed by atoms with Gasteiger partial charge in [0.05, 0.1) is 6.04 Å². The van der Waals surface area contributed by atoms with Gasteiger partial charge in [-0.25, -0.2) is 0 Å². The number of hydrogen-bond donors (Lipinski definition) is 2. The molecule has 0 spiro atoms. The number of halogens is 1. The third-order valence-electron chi connectivity index (χ3n) is 2.85. The van der Waals surface area contributed by atoms with Crippen molar-refractivity contribution in [2.24, 2.45) is 5.73 Å². The Morgan fingerprint density at radius 1 is 1.30 bits per heavy atom. The van der Waals surface area contributed by atoms with Gasteiger partial charge in [-0.3, -0.25) is 4.79 Å². The Hall–Kier alpha value is -1.10. The van der Waals surface area contributed by atoms with Crippen molar-refractivity contribution < 1.29 is 9.53 Å². The molecule has 20 heavy (non-hydrogen) atoms. The summed E-state index contributed by atoms with van der Waals surface area (Å²) in [4.78, 5) is 11.8. The van der Waals surface area contributed by atoms with Crippen LogP contribution in [0.25, 0.3) is 0 Å². The molecular weight excluding hydrogens is 276 g/mol. The first-order chi connectivity index (χ1) is 9.24. The molecule has 4 nitrogen and oxygen atoms in total. The molecule has 0 saturated heterocycles. The smallest absolute Gasteiger partial charge is 0.237 e. The van der Waals surface area contributed by atoms with E-state index in [9.17, 15) is 4.79 Å². The monoisotopic (exact) mass is 300 g/mol. The molecule has 0 heterocycles. The summed E-state index contributed by atoms with van der Waals surface area (Å²) in [5.74, 6) is -0.0831. The number of hydrogen-bond acceptors (Lipinski definition) is 3. The summed E-state index contributed by atoms with van der Waals surface area (Å²) in [5, 5.41) is 2.86. The maximum Gasteiger partial charge on any atom is 0.237 e. The van der Waals surface area contributed by atoms with Crippen LogP contribution in [0.2, 0.25) is 0 Å². The number of carbonyl (C=O) groups excluding carboxylic acids is 1. The second kappa shape index (κ2) is 11.7. The van der Waals surface area contributed by atoms with E-state index in [4.69, 9.17) is 10.5 Å². The highest BCUT2D eigenvalue weighted by atomic mass is 35.5. The molecule has 0 aromatic heterocycles.